The van der Waals surface area contributed by atoms with Gasteiger partial charge in [-0.1, -0.05) is 13.8 Å². The lowest BCUT2D eigenvalue weighted by molar-refractivity contribution is 0.718. The summed E-state index contributed by atoms with van der Waals surface area (Å²) in [7, 11) is 1.74. The third-order valence-corrected chi connectivity index (χ3v) is 1.78. The van der Waals surface area contributed by atoms with Gasteiger partial charge in [-0.3, -0.25) is 4.68 Å². The molecule has 4 nitrogen and oxygen atoms in total. The van der Waals surface area contributed by atoms with Crippen LogP contribution in [-0.2, 0) is 7.05 Å². The molecule has 64 valence electrons. The Morgan fingerprint density at radius 2 is 2.17 bits per heavy atom. The Kier molecular flexibility index (Phi) is 2.05. The van der Waals surface area contributed by atoms with Crippen molar-refractivity contribution < 1.29 is 0 Å². The van der Waals surface area contributed by atoms with Crippen molar-refractivity contribution >= 4 is 5.82 Å². The van der Waals surface area contributed by atoms with Crippen LogP contribution in [0.25, 0.3) is 0 Å². The third-order valence-electron chi connectivity index (χ3n) is 1.78. The second-order valence-electron chi connectivity index (χ2n) is 3.04. The number of nitrogens with two attached hydrogens (primary N) is 1. The molecule has 1 heterocycles. The molecule has 0 aliphatic rings. The molecular weight excluding hydrogens is 152 g/mol. The summed E-state index contributed by atoms with van der Waals surface area (Å²) < 4.78 is 1.54. The Morgan fingerprint density at radius 3 is 2.50 bits per heavy atom. The van der Waals surface area contributed by atoms with Gasteiger partial charge in [0.15, 0.2) is 0 Å². The summed E-state index contributed by atoms with van der Waals surface area (Å²) in [5, 5.41) is 12.9. The van der Waals surface area contributed by atoms with Crippen molar-refractivity contribution in [1.82, 2.24) is 9.78 Å². The van der Waals surface area contributed by atoms with E-state index in [-0.39, 0.29) is 5.92 Å². The molecule has 12 heavy (non-hydrogen) atoms. The Hall–Kier alpha value is -1.50. The van der Waals surface area contributed by atoms with Gasteiger partial charge >= 0.3 is 0 Å². The van der Waals surface area contributed by atoms with Crippen LogP contribution in [0.4, 0.5) is 5.82 Å². The van der Waals surface area contributed by atoms with Gasteiger partial charge in [0.25, 0.3) is 0 Å². The molecule has 0 radical (unpaired) electrons. The van der Waals surface area contributed by atoms with Crippen LogP contribution in [0.15, 0.2) is 0 Å². The first-order valence-electron chi connectivity index (χ1n) is 3.80. The average molecular weight is 164 g/mol. The molecule has 1 aromatic rings. The quantitative estimate of drug-likeness (QED) is 0.673. The molecule has 0 fully saturated rings. The molecule has 0 amide bonds. The van der Waals surface area contributed by atoms with Crippen LogP contribution in [0.5, 0.6) is 0 Å². The van der Waals surface area contributed by atoms with E-state index in [9.17, 15) is 0 Å². The third kappa shape index (κ3) is 1.14. The number of nitrogen functional groups attached to an aromatic ring is 1. The van der Waals surface area contributed by atoms with Gasteiger partial charge in [0, 0.05) is 7.05 Å². The summed E-state index contributed by atoms with van der Waals surface area (Å²) in [6.45, 7) is 3.98. The molecule has 4 heteroatoms. The van der Waals surface area contributed by atoms with Crippen LogP contribution >= 0.6 is 0 Å². The minimum absolute atomic E-state index is 0.239. The van der Waals surface area contributed by atoms with Crippen molar-refractivity contribution in [3.8, 4) is 6.07 Å². The summed E-state index contributed by atoms with van der Waals surface area (Å²) in [5.74, 6) is 0.685. The summed E-state index contributed by atoms with van der Waals surface area (Å²) in [5.41, 5.74) is 6.91. The van der Waals surface area contributed by atoms with Crippen molar-refractivity contribution in [2.24, 2.45) is 7.05 Å². The zero-order chi connectivity index (χ0) is 9.30. The number of hydrogen-bond donors (Lipinski definition) is 1. The number of nitrogens with zero attached hydrogens (tertiary/aromatic N) is 3. The highest BCUT2D eigenvalue weighted by Crippen LogP contribution is 2.21. The van der Waals surface area contributed by atoms with Gasteiger partial charge in [0.05, 0.1) is 5.69 Å². The molecular formula is C8H12N4. The van der Waals surface area contributed by atoms with Gasteiger partial charge < -0.3 is 5.73 Å². The van der Waals surface area contributed by atoms with Crippen LogP contribution < -0.4 is 5.73 Å². The normalized spacial score (nSPS) is 10.2. The Labute approximate surface area is 71.6 Å². The van der Waals surface area contributed by atoms with Crippen molar-refractivity contribution in [1.29, 1.82) is 5.26 Å². The smallest absolute Gasteiger partial charge is 0.139 e. The molecule has 0 aliphatic heterocycles. The van der Waals surface area contributed by atoms with E-state index < -0.39 is 0 Å². The second-order valence-corrected chi connectivity index (χ2v) is 3.04. The molecule has 0 atom stereocenters. The fourth-order valence-corrected chi connectivity index (χ4v) is 1.08. The SMILES string of the molecule is CC(C)c1nn(C)c(N)c1C#N. The highest BCUT2D eigenvalue weighted by molar-refractivity contribution is 5.52. The zero-order valence-corrected chi connectivity index (χ0v) is 7.50. The Balaban J connectivity index is 3.32. The molecule has 0 spiro atoms. The molecule has 1 aromatic heterocycles. The number of hydrogen-bond acceptors (Lipinski definition) is 3. The second kappa shape index (κ2) is 2.86. The van der Waals surface area contributed by atoms with Gasteiger partial charge in [0.2, 0.25) is 0 Å². The zero-order valence-electron chi connectivity index (χ0n) is 7.50. The lowest BCUT2D eigenvalue weighted by atomic mass is 10.1. The van der Waals surface area contributed by atoms with Gasteiger partial charge in [-0.05, 0) is 5.92 Å². The highest BCUT2D eigenvalue weighted by Gasteiger charge is 2.15. The minimum atomic E-state index is 0.239. The van der Waals surface area contributed by atoms with E-state index in [1.165, 1.54) is 4.68 Å². The van der Waals surface area contributed by atoms with Gasteiger partial charge in [-0.2, -0.15) is 10.4 Å². The van der Waals surface area contributed by atoms with E-state index in [0.717, 1.165) is 5.69 Å². The van der Waals surface area contributed by atoms with Crippen LogP contribution in [0.3, 0.4) is 0 Å². The number of aromatic nitrogens is 2. The highest BCUT2D eigenvalue weighted by atomic mass is 15.3. The maximum Gasteiger partial charge on any atom is 0.139 e. The van der Waals surface area contributed by atoms with Crippen LogP contribution in [0, 0.1) is 11.3 Å². The molecule has 2 N–H and O–H groups in total. The summed E-state index contributed by atoms with van der Waals surface area (Å²) >= 11 is 0. The first-order valence-corrected chi connectivity index (χ1v) is 3.80. The predicted octanol–water partition coefficient (Wildman–Crippen LogP) is 0.997. The molecule has 0 saturated heterocycles. The van der Waals surface area contributed by atoms with E-state index in [0.29, 0.717) is 11.4 Å². The summed E-state index contributed by atoms with van der Waals surface area (Å²) in [6, 6.07) is 2.06. The summed E-state index contributed by atoms with van der Waals surface area (Å²) in [6.07, 6.45) is 0. The molecule has 1 rings (SSSR count). The Morgan fingerprint density at radius 1 is 1.58 bits per heavy atom. The molecule has 0 unspecified atom stereocenters. The molecule has 0 aliphatic carbocycles. The van der Waals surface area contributed by atoms with Gasteiger partial charge in [-0.15, -0.1) is 0 Å². The maximum atomic E-state index is 8.78. The molecule has 0 bridgehead atoms. The first-order chi connectivity index (χ1) is 5.57. The van der Waals surface area contributed by atoms with Crippen molar-refractivity contribution in [3.63, 3.8) is 0 Å². The van der Waals surface area contributed by atoms with E-state index in [4.69, 9.17) is 11.0 Å². The monoisotopic (exact) mass is 164 g/mol. The van der Waals surface area contributed by atoms with E-state index in [1.807, 2.05) is 13.8 Å². The summed E-state index contributed by atoms with van der Waals surface area (Å²) in [4.78, 5) is 0. The van der Waals surface area contributed by atoms with Crippen LogP contribution in [-0.4, -0.2) is 9.78 Å². The fourth-order valence-electron chi connectivity index (χ4n) is 1.08. The average Bonchev–Trinajstić information content (AvgIpc) is 2.29. The topological polar surface area (TPSA) is 67.6 Å². The standard InChI is InChI=1S/C8H12N4/c1-5(2)7-6(4-9)8(10)12(3)11-7/h5H,10H2,1-3H3. The predicted molar refractivity (Wildman–Crippen MR) is 46.4 cm³/mol. The molecule has 0 aromatic carbocycles. The fraction of sp³-hybridized carbons (Fsp3) is 0.500. The van der Waals surface area contributed by atoms with Crippen LogP contribution in [0.1, 0.15) is 31.0 Å². The van der Waals surface area contributed by atoms with Crippen molar-refractivity contribution in [3.05, 3.63) is 11.3 Å². The number of anilines is 1. The van der Waals surface area contributed by atoms with E-state index in [2.05, 4.69) is 11.2 Å². The van der Waals surface area contributed by atoms with Gasteiger partial charge in [-0.25, -0.2) is 0 Å². The largest absolute Gasteiger partial charge is 0.383 e. The van der Waals surface area contributed by atoms with Crippen molar-refractivity contribution in [2.45, 2.75) is 19.8 Å². The Bertz CT molecular complexity index is 330. The lowest BCUT2D eigenvalue weighted by Gasteiger charge is -1.97. The van der Waals surface area contributed by atoms with E-state index >= 15 is 0 Å². The number of nitriles is 1. The lowest BCUT2D eigenvalue weighted by Crippen LogP contribution is -1.98. The van der Waals surface area contributed by atoms with Crippen LogP contribution in [0.2, 0.25) is 0 Å². The van der Waals surface area contributed by atoms with Crippen molar-refractivity contribution in [2.75, 3.05) is 5.73 Å². The molecule has 0 saturated carbocycles. The number of rotatable bonds is 1. The minimum Gasteiger partial charge on any atom is -0.383 e. The maximum absolute atomic E-state index is 8.78. The number of aryl methyl sites for hydroxylation is 1. The van der Waals surface area contributed by atoms with E-state index in [1.54, 1.807) is 7.05 Å². The van der Waals surface area contributed by atoms with Gasteiger partial charge in [0.1, 0.15) is 17.5 Å². The first kappa shape index (κ1) is 8.60.